The second-order valence-electron chi connectivity index (χ2n) is 5.03. The van der Waals surface area contributed by atoms with Gasteiger partial charge in [-0.05, 0) is 30.5 Å². The first-order chi connectivity index (χ1) is 10.6. The lowest BCUT2D eigenvalue weighted by Crippen LogP contribution is -2.39. The van der Waals surface area contributed by atoms with Gasteiger partial charge in [-0.25, -0.2) is 9.79 Å². The number of nitrogens with one attached hydrogen (secondary N) is 2. The van der Waals surface area contributed by atoms with Crippen molar-refractivity contribution in [1.82, 2.24) is 5.32 Å². The number of anilines is 1. The molecule has 0 radical (unpaired) electrons. The average molecular weight is 333 g/mol. The number of carbonyl (C=O) groups is 1. The molecule has 0 aliphatic rings. The topological polar surface area (TPSA) is 79.5 Å². The number of nitrogens with two attached hydrogens (primary N) is 1. The molecule has 122 valence electrons. The van der Waals surface area contributed by atoms with E-state index in [9.17, 15) is 4.79 Å². The van der Waals surface area contributed by atoms with Gasteiger partial charge in [-0.2, -0.15) is 0 Å². The van der Waals surface area contributed by atoms with E-state index < -0.39 is 6.03 Å². The number of benzene rings is 2. The Kier molecular flexibility index (Phi) is 7.09. The van der Waals surface area contributed by atoms with Crippen LogP contribution < -0.4 is 16.4 Å². The molecule has 0 spiro atoms. The Morgan fingerprint density at radius 1 is 1.04 bits per heavy atom. The minimum Gasteiger partial charge on any atom is -0.370 e. The number of hydrogen-bond acceptors (Lipinski definition) is 2. The van der Waals surface area contributed by atoms with Crippen LogP contribution in [0.3, 0.4) is 0 Å². The molecule has 0 fully saturated rings. The Morgan fingerprint density at radius 2 is 1.65 bits per heavy atom. The lowest BCUT2D eigenvalue weighted by atomic mass is 10.1. The summed E-state index contributed by atoms with van der Waals surface area (Å²) in [5, 5.41) is 5.33. The molecule has 0 heterocycles. The number of halogens is 1. The van der Waals surface area contributed by atoms with E-state index in [-0.39, 0.29) is 18.4 Å². The van der Waals surface area contributed by atoms with Crippen LogP contribution in [0.5, 0.6) is 0 Å². The van der Waals surface area contributed by atoms with Crippen LogP contribution >= 0.6 is 12.4 Å². The first kappa shape index (κ1) is 18.5. The quantitative estimate of drug-likeness (QED) is 0.595. The number of para-hydroxylation sites is 1. The van der Waals surface area contributed by atoms with Gasteiger partial charge < -0.3 is 11.1 Å². The van der Waals surface area contributed by atoms with E-state index in [1.807, 2.05) is 62.4 Å². The first-order valence-corrected chi connectivity index (χ1v) is 7.04. The molecule has 0 saturated heterocycles. The van der Waals surface area contributed by atoms with Crippen LogP contribution in [0.15, 0.2) is 53.5 Å². The minimum absolute atomic E-state index is 0. The molecule has 5 nitrogen and oxygen atoms in total. The normalized spacial score (nSPS) is 10.6. The standard InChI is InChI=1S/C17H20N4O.ClH/c1-12-7-6-8-13(2)15(12)20-17(22)21-16(18)19-11-14-9-4-3-5-10-14;/h3-10H,11H2,1-2H3,(H4,18,19,20,21,22);1H. The second-order valence-corrected chi connectivity index (χ2v) is 5.03. The molecule has 0 unspecified atom stereocenters. The summed E-state index contributed by atoms with van der Waals surface area (Å²) in [4.78, 5) is 16.1. The number of aliphatic imine (C=N–C) groups is 1. The van der Waals surface area contributed by atoms with Crippen molar-refractivity contribution in [1.29, 1.82) is 0 Å². The molecule has 0 atom stereocenters. The van der Waals surface area contributed by atoms with Crippen LogP contribution in [0.25, 0.3) is 0 Å². The Bertz CT molecular complexity index is 666. The van der Waals surface area contributed by atoms with Crippen LogP contribution in [0.2, 0.25) is 0 Å². The third-order valence-electron chi connectivity index (χ3n) is 3.24. The number of urea groups is 1. The summed E-state index contributed by atoms with van der Waals surface area (Å²) in [5.41, 5.74) is 9.54. The molecule has 6 heteroatoms. The molecule has 0 aromatic heterocycles. The number of hydrogen-bond donors (Lipinski definition) is 3. The lowest BCUT2D eigenvalue weighted by Gasteiger charge is -2.12. The number of amides is 2. The van der Waals surface area contributed by atoms with Crippen molar-refractivity contribution in [3.8, 4) is 0 Å². The zero-order valence-corrected chi connectivity index (χ0v) is 14.0. The highest BCUT2D eigenvalue weighted by Crippen LogP contribution is 2.18. The van der Waals surface area contributed by atoms with Gasteiger partial charge >= 0.3 is 6.03 Å². The van der Waals surface area contributed by atoms with Gasteiger partial charge in [0.2, 0.25) is 0 Å². The number of aryl methyl sites for hydroxylation is 2. The van der Waals surface area contributed by atoms with Gasteiger partial charge in [-0.15, -0.1) is 12.4 Å². The molecule has 2 aromatic rings. The monoisotopic (exact) mass is 332 g/mol. The zero-order chi connectivity index (χ0) is 15.9. The van der Waals surface area contributed by atoms with E-state index in [0.717, 1.165) is 22.4 Å². The van der Waals surface area contributed by atoms with Gasteiger partial charge in [0.1, 0.15) is 0 Å². The number of rotatable bonds is 3. The van der Waals surface area contributed by atoms with Gasteiger partial charge in [-0.3, -0.25) is 5.32 Å². The molecule has 23 heavy (non-hydrogen) atoms. The predicted octanol–water partition coefficient (Wildman–Crippen LogP) is 3.36. The molecule has 0 aliphatic heterocycles. The molecule has 2 aromatic carbocycles. The Morgan fingerprint density at radius 3 is 2.26 bits per heavy atom. The minimum atomic E-state index is -0.397. The summed E-state index contributed by atoms with van der Waals surface area (Å²) in [6.07, 6.45) is 0. The summed E-state index contributed by atoms with van der Waals surface area (Å²) in [5.74, 6) is 0.0904. The molecule has 2 amide bonds. The van der Waals surface area contributed by atoms with Crippen molar-refractivity contribution in [2.24, 2.45) is 10.7 Å². The average Bonchev–Trinajstić information content (AvgIpc) is 2.50. The summed E-state index contributed by atoms with van der Waals surface area (Å²) >= 11 is 0. The summed E-state index contributed by atoms with van der Waals surface area (Å²) in [7, 11) is 0. The number of carbonyl (C=O) groups excluding carboxylic acids is 1. The number of guanidine groups is 1. The molecule has 4 N–H and O–H groups in total. The summed E-state index contributed by atoms with van der Waals surface area (Å²) < 4.78 is 0. The second kappa shape index (κ2) is 8.80. The molecular formula is C17H21ClN4O. The zero-order valence-electron chi connectivity index (χ0n) is 13.2. The fraction of sp³-hybridized carbons (Fsp3) is 0.176. The Balaban J connectivity index is 0.00000264. The SMILES string of the molecule is Cc1cccc(C)c1NC(=O)NC(N)=NCc1ccccc1.Cl. The van der Waals surface area contributed by atoms with E-state index in [2.05, 4.69) is 15.6 Å². The third kappa shape index (κ3) is 5.64. The molecule has 0 saturated carbocycles. The largest absolute Gasteiger partial charge is 0.370 e. The highest BCUT2D eigenvalue weighted by molar-refractivity contribution is 6.02. The van der Waals surface area contributed by atoms with Gasteiger partial charge in [0.25, 0.3) is 0 Å². The molecule has 2 rings (SSSR count). The van der Waals surface area contributed by atoms with Crippen LogP contribution in [0, 0.1) is 13.8 Å². The van der Waals surface area contributed by atoms with E-state index in [0.29, 0.717) is 6.54 Å². The lowest BCUT2D eigenvalue weighted by molar-refractivity contribution is 0.256. The molecular weight excluding hydrogens is 312 g/mol. The molecule has 0 bridgehead atoms. The third-order valence-corrected chi connectivity index (χ3v) is 3.24. The predicted molar refractivity (Wildman–Crippen MR) is 97.1 cm³/mol. The molecule has 0 aliphatic carbocycles. The van der Waals surface area contributed by atoms with Gasteiger partial charge in [0, 0.05) is 5.69 Å². The van der Waals surface area contributed by atoms with Crippen LogP contribution in [0.1, 0.15) is 16.7 Å². The number of nitrogens with zero attached hydrogens (tertiary/aromatic N) is 1. The van der Waals surface area contributed by atoms with Gasteiger partial charge in [0.05, 0.1) is 6.54 Å². The van der Waals surface area contributed by atoms with Crippen LogP contribution in [0.4, 0.5) is 10.5 Å². The van der Waals surface area contributed by atoms with Crippen molar-refractivity contribution in [2.45, 2.75) is 20.4 Å². The maximum absolute atomic E-state index is 12.0. The summed E-state index contributed by atoms with van der Waals surface area (Å²) in [6.45, 7) is 4.31. The first-order valence-electron chi connectivity index (χ1n) is 7.04. The van der Waals surface area contributed by atoms with E-state index in [4.69, 9.17) is 5.73 Å². The maximum Gasteiger partial charge on any atom is 0.326 e. The Labute approximate surface area is 142 Å². The van der Waals surface area contributed by atoms with Gasteiger partial charge in [-0.1, -0.05) is 48.5 Å². The smallest absolute Gasteiger partial charge is 0.326 e. The van der Waals surface area contributed by atoms with E-state index >= 15 is 0 Å². The van der Waals surface area contributed by atoms with Crippen LogP contribution in [-0.2, 0) is 6.54 Å². The van der Waals surface area contributed by atoms with Crippen molar-refractivity contribution in [2.75, 3.05) is 5.32 Å². The van der Waals surface area contributed by atoms with Crippen molar-refractivity contribution < 1.29 is 4.79 Å². The van der Waals surface area contributed by atoms with Gasteiger partial charge in [0.15, 0.2) is 5.96 Å². The van der Waals surface area contributed by atoms with Crippen molar-refractivity contribution in [3.05, 3.63) is 65.2 Å². The van der Waals surface area contributed by atoms with E-state index in [1.54, 1.807) is 0 Å². The Hall–Kier alpha value is -2.53. The van der Waals surface area contributed by atoms with Crippen molar-refractivity contribution >= 4 is 30.1 Å². The van der Waals surface area contributed by atoms with Crippen molar-refractivity contribution in [3.63, 3.8) is 0 Å². The maximum atomic E-state index is 12.0. The van der Waals surface area contributed by atoms with Crippen LogP contribution in [-0.4, -0.2) is 12.0 Å². The van der Waals surface area contributed by atoms with E-state index in [1.165, 1.54) is 0 Å². The highest BCUT2D eigenvalue weighted by atomic mass is 35.5. The fourth-order valence-corrected chi connectivity index (χ4v) is 2.07. The summed E-state index contributed by atoms with van der Waals surface area (Å²) in [6, 6.07) is 15.1. The fourth-order valence-electron chi connectivity index (χ4n) is 2.07. The highest BCUT2D eigenvalue weighted by Gasteiger charge is 2.07.